The minimum atomic E-state index is -3.69. The van der Waals surface area contributed by atoms with Crippen molar-refractivity contribution in [3.05, 3.63) is 59.8 Å². The Hall–Kier alpha value is -2.80. The molecule has 0 bridgehead atoms. The van der Waals surface area contributed by atoms with Gasteiger partial charge in [0.25, 0.3) is 10.0 Å². The molecule has 3 rings (SSSR count). The Morgan fingerprint density at radius 3 is 2.32 bits per heavy atom. The second kappa shape index (κ2) is 6.60. The summed E-state index contributed by atoms with van der Waals surface area (Å²) in [6.07, 6.45) is 0. The number of aryl methyl sites for hydroxylation is 2. The Balaban J connectivity index is 1.88. The molecule has 130 valence electrons. The van der Waals surface area contributed by atoms with E-state index in [4.69, 9.17) is 9.26 Å². The highest BCUT2D eigenvalue weighted by Gasteiger charge is 2.18. The van der Waals surface area contributed by atoms with Crippen LogP contribution in [-0.2, 0) is 10.0 Å². The zero-order valence-corrected chi connectivity index (χ0v) is 14.9. The Morgan fingerprint density at radius 2 is 1.76 bits per heavy atom. The third kappa shape index (κ3) is 3.66. The van der Waals surface area contributed by atoms with Gasteiger partial charge < -0.3 is 9.26 Å². The van der Waals surface area contributed by atoms with Crippen molar-refractivity contribution < 1.29 is 17.7 Å². The molecule has 0 aliphatic heterocycles. The Bertz CT molecular complexity index is 992. The molecule has 0 saturated carbocycles. The average Bonchev–Trinajstić information content (AvgIpc) is 3.01. The van der Waals surface area contributed by atoms with E-state index in [-0.39, 0.29) is 4.90 Å². The van der Waals surface area contributed by atoms with Crippen molar-refractivity contribution in [2.75, 3.05) is 11.8 Å². The van der Waals surface area contributed by atoms with Crippen molar-refractivity contribution in [3.8, 4) is 17.1 Å². The van der Waals surface area contributed by atoms with Gasteiger partial charge in [-0.3, -0.25) is 4.72 Å². The van der Waals surface area contributed by atoms with Gasteiger partial charge in [-0.1, -0.05) is 5.16 Å². The molecule has 0 atom stereocenters. The first-order valence-corrected chi connectivity index (χ1v) is 9.08. The molecule has 0 radical (unpaired) electrons. The van der Waals surface area contributed by atoms with E-state index in [1.54, 1.807) is 62.6 Å². The minimum absolute atomic E-state index is 0.211. The van der Waals surface area contributed by atoms with Crippen molar-refractivity contribution in [1.29, 1.82) is 0 Å². The van der Waals surface area contributed by atoms with Crippen LogP contribution in [0.3, 0.4) is 0 Å². The summed E-state index contributed by atoms with van der Waals surface area (Å²) < 4.78 is 38.2. The third-order valence-corrected chi connectivity index (χ3v) is 5.26. The Morgan fingerprint density at radius 1 is 1.04 bits per heavy atom. The van der Waals surface area contributed by atoms with E-state index in [0.29, 0.717) is 22.8 Å². The summed E-state index contributed by atoms with van der Waals surface area (Å²) in [4.78, 5) is 0.211. The molecule has 1 aromatic heterocycles. The molecule has 25 heavy (non-hydrogen) atoms. The van der Waals surface area contributed by atoms with Crippen molar-refractivity contribution in [2.45, 2.75) is 18.7 Å². The zero-order valence-electron chi connectivity index (χ0n) is 14.1. The largest absolute Gasteiger partial charge is 0.497 e. The smallest absolute Gasteiger partial charge is 0.262 e. The summed E-state index contributed by atoms with van der Waals surface area (Å²) in [5.74, 6) is 1.26. The lowest BCUT2D eigenvalue weighted by atomic mass is 10.1. The fourth-order valence-corrected chi connectivity index (χ4v) is 3.76. The fraction of sp³-hybridized carbons (Fsp3) is 0.167. The normalized spacial score (nSPS) is 11.3. The minimum Gasteiger partial charge on any atom is -0.497 e. The number of ether oxygens (including phenoxy) is 1. The number of aromatic nitrogens is 1. The van der Waals surface area contributed by atoms with E-state index in [1.807, 2.05) is 6.92 Å². The maximum Gasteiger partial charge on any atom is 0.262 e. The van der Waals surface area contributed by atoms with Crippen LogP contribution in [0, 0.1) is 13.8 Å². The van der Waals surface area contributed by atoms with E-state index in [1.165, 1.54) is 0 Å². The molecule has 0 aliphatic carbocycles. The lowest BCUT2D eigenvalue weighted by molar-refractivity contribution is 0.415. The van der Waals surface area contributed by atoms with Crippen molar-refractivity contribution in [3.63, 3.8) is 0 Å². The molecule has 3 aromatic rings. The summed E-state index contributed by atoms with van der Waals surface area (Å²) in [6, 6.07) is 13.5. The van der Waals surface area contributed by atoms with Gasteiger partial charge in [-0.05, 0) is 61.9 Å². The highest BCUT2D eigenvalue weighted by Crippen LogP contribution is 2.26. The van der Waals surface area contributed by atoms with Gasteiger partial charge in [0.1, 0.15) is 5.75 Å². The molecule has 1 heterocycles. The van der Waals surface area contributed by atoms with Crippen LogP contribution in [0.2, 0.25) is 0 Å². The van der Waals surface area contributed by atoms with Gasteiger partial charge in [0, 0.05) is 17.3 Å². The number of rotatable bonds is 5. The molecule has 2 aromatic carbocycles. The van der Waals surface area contributed by atoms with Crippen molar-refractivity contribution in [1.82, 2.24) is 5.16 Å². The number of nitrogens with one attached hydrogen (secondary N) is 1. The molecule has 7 heteroatoms. The zero-order chi connectivity index (χ0) is 18.0. The van der Waals surface area contributed by atoms with Crippen LogP contribution in [0.4, 0.5) is 5.69 Å². The molecular weight excluding hydrogens is 340 g/mol. The topological polar surface area (TPSA) is 81.4 Å². The van der Waals surface area contributed by atoms with E-state index in [2.05, 4.69) is 9.88 Å². The van der Waals surface area contributed by atoms with E-state index in [0.717, 1.165) is 11.3 Å². The predicted molar refractivity (Wildman–Crippen MR) is 95.2 cm³/mol. The molecule has 0 amide bonds. The molecule has 0 spiro atoms. The number of hydrogen-bond acceptors (Lipinski definition) is 5. The molecule has 6 nitrogen and oxygen atoms in total. The van der Waals surface area contributed by atoms with Gasteiger partial charge in [-0.25, -0.2) is 8.42 Å². The number of benzene rings is 2. The second-order valence-corrected chi connectivity index (χ2v) is 7.30. The standard InChI is InChI=1S/C18H18N2O4S/c1-12-10-14(17-11-13(2)19-24-17)4-9-18(12)25(21,22)20-15-5-7-16(23-3)8-6-15/h4-11,20H,1-3H3. The van der Waals surface area contributed by atoms with Crippen molar-refractivity contribution in [2.24, 2.45) is 0 Å². The first-order chi connectivity index (χ1) is 11.9. The fourth-order valence-electron chi connectivity index (χ4n) is 2.47. The van der Waals surface area contributed by atoms with Crippen LogP contribution in [0.25, 0.3) is 11.3 Å². The van der Waals surface area contributed by atoms with Crippen LogP contribution in [0.5, 0.6) is 5.75 Å². The first kappa shape index (κ1) is 17.0. The SMILES string of the molecule is COc1ccc(NS(=O)(=O)c2ccc(-c3cc(C)no3)cc2C)cc1. The lowest BCUT2D eigenvalue weighted by Crippen LogP contribution is -2.14. The van der Waals surface area contributed by atoms with Gasteiger partial charge in [0.05, 0.1) is 17.7 Å². The molecule has 0 unspecified atom stereocenters. The quantitative estimate of drug-likeness (QED) is 0.751. The molecule has 0 saturated heterocycles. The number of nitrogens with zero attached hydrogens (tertiary/aromatic N) is 1. The van der Waals surface area contributed by atoms with Crippen LogP contribution in [-0.4, -0.2) is 20.7 Å². The number of methoxy groups -OCH3 is 1. The van der Waals surface area contributed by atoms with Crippen molar-refractivity contribution >= 4 is 15.7 Å². The van der Waals surface area contributed by atoms with Gasteiger partial charge in [0.15, 0.2) is 5.76 Å². The maximum absolute atomic E-state index is 12.7. The summed E-state index contributed by atoms with van der Waals surface area (Å²) in [6.45, 7) is 3.58. The first-order valence-electron chi connectivity index (χ1n) is 7.60. The van der Waals surface area contributed by atoms with Crippen LogP contribution < -0.4 is 9.46 Å². The van der Waals surface area contributed by atoms with Gasteiger partial charge in [0.2, 0.25) is 0 Å². The number of sulfonamides is 1. The van der Waals surface area contributed by atoms with Gasteiger partial charge >= 0.3 is 0 Å². The monoisotopic (exact) mass is 358 g/mol. The number of hydrogen-bond donors (Lipinski definition) is 1. The van der Waals surface area contributed by atoms with Crippen LogP contribution in [0.15, 0.2) is 57.9 Å². The Labute approximate surface area is 146 Å². The summed E-state index contributed by atoms with van der Waals surface area (Å²) in [5, 5.41) is 3.85. The van der Waals surface area contributed by atoms with Gasteiger partial charge in [-0.15, -0.1) is 0 Å². The molecular formula is C18H18N2O4S. The molecule has 0 fully saturated rings. The van der Waals surface area contributed by atoms with E-state index >= 15 is 0 Å². The lowest BCUT2D eigenvalue weighted by Gasteiger charge is -2.11. The highest BCUT2D eigenvalue weighted by molar-refractivity contribution is 7.92. The predicted octanol–water partition coefficient (Wildman–Crippen LogP) is 3.77. The van der Waals surface area contributed by atoms with Crippen LogP contribution >= 0.6 is 0 Å². The average molecular weight is 358 g/mol. The summed E-state index contributed by atoms with van der Waals surface area (Å²) in [7, 11) is -2.14. The Kier molecular flexibility index (Phi) is 4.50. The van der Waals surface area contributed by atoms with Gasteiger partial charge in [-0.2, -0.15) is 0 Å². The highest BCUT2D eigenvalue weighted by atomic mass is 32.2. The third-order valence-electron chi connectivity index (χ3n) is 3.72. The molecule has 0 aliphatic rings. The second-order valence-electron chi connectivity index (χ2n) is 5.65. The summed E-state index contributed by atoms with van der Waals surface area (Å²) >= 11 is 0. The number of anilines is 1. The van der Waals surface area contributed by atoms with E-state index in [9.17, 15) is 8.42 Å². The van der Waals surface area contributed by atoms with E-state index < -0.39 is 10.0 Å². The molecule has 1 N–H and O–H groups in total. The summed E-state index contributed by atoms with van der Waals surface area (Å²) in [5.41, 5.74) is 2.63. The maximum atomic E-state index is 12.7. The van der Waals surface area contributed by atoms with Crippen LogP contribution in [0.1, 0.15) is 11.3 Å².